The molecule has 4 unspecified atom stereocenters. The number of carboxylic acids is 2. The van der Waals surface area contributed by atoms with Crippen LogP contribution >= 0.6 is 0 Å². The van der Waals surface area contributed by atoms with E-state index in [-0.39, 0.29) is 25.3 Å². The summed E-state index contributed by atoms with van der Waals surface area (Å²) in [6.07, 6.45) is 0.697. The minimum atomic E-state index is -1.52. The number of rotatable bonds is 14. The zero-order valence-electron chi connectivity index (χ0n) is 18.7. The van der Waals surface area contributed by atoms with Crippen molar-refractivity contribution in [2.45, 2.75) is 62.7 Å². The van der Waals surface area contributed by atoms with Crippen LogP contribution in [0.5, 0.6) is 0 Å². The van der Waals surface area contributed by atoms with Crippen LogP contribution in [0.25, 0.3) is 0 Å². The Morgan fingerprint density at radius 1 is 1.06 bits per heavy atom. The number of hydrogen-bond donors (Lipinski definition) is 8. The van der Waals surface area contributed by atoms with Gasteiger partial charge in [0.1, 0.15) is 18.1 Å². The largest absolute Gasteiger partial charge is 0.481 e. The van der Waals surface area contributed by atoms with Gasteiger partial charge in [0.05, 0.1) is 12.6 Å². The second-order valence-corrected chi connectivity index (χ2v) is 7.82. The summed E-state index contributed by atoms with van der Waals surface area (Å²) in [6, 6.07) is -4.81. The first-order valence-electron chi connectivity index (χ1n) is 10.8. The zero-order valence-corrected chi connectivity index (χ0v) is 18.7. The molecule has 34 heavy (non-hydrogen) atoms. The van der Waals surface area contributed by atoms with Crippen molar-refractivity contribution < 1.29 is 39.3 Å². The third-order valence-electron chi connectivity index (χ3n) is 5.20. The molecule has 15 nitrogen and oxygen atoms in total. The summed E-state index contributed by atoms with van der Waals surface area (Å²) in [5.41, 5.74) is 16.4. The van der Waals surface area contributed by atoms with E-state index < -0.39 is 66.9 Å². The Morgan fingerprint density at radius 2 is 1.74 bits per heavy atom. The predicted octanol–water partition coefficient (Wildman–Crippen LogP) is -3.73. The van der Waals surface area contributed by atoms with E-state index in [1.807, 2.05) is 0 Å². The van der Waals surface area contributed by atoms with Gasteiger partial charge in [0.25, 0.3) is 0 Å². The molecule has 0 spiro atoms. The first kappa shape index (κ1) is 28.6. The van der Waals surface area contributed by atoms with Gasteiger partial charge in [0.2, 0.25) is 17.7 Å². The Bertz CT molecular complexity index is 787. The standard InChI is InChI=1S/C19H33N7O8/c20-10(3-1-7-23-19(21)22)17(32)26-8-2-4-13(26)16(31)25-12(9-27)15(30)24-11(18(33)34)5-6-14(28)29/h10-13,27H,1-9,20H2,(H,24,30)(H,25,31)(H,28,29)(H,33,34)(H4,21,22,23). The lowest BCUT2D eigenvalue weighted by Crippen LogP contribution is -2.57. The molecule has 0 aromatic carbocycles. The average molecular weight is 488 g/mol. The Balaban J connectivity index is 2.72. The maximum Gasteiger partial charge on any atom is 0.326 e. The molecule has 0 aromatic heterocycles. The number of carbonyl (C=O) groups excluding carboxylic acids is 3. The molecule has 4 atom stereocenters. The molecule has 11 N–H and O–H groups in total. The molecule has 15 heteroatoms. The average Bonchev–Trinajstić information content (AvgIpc) is 3.26. The maximum atomic E-state index is 12.8. The van der Waals surface area contributed by atoms with E-state index in [2.05, 4.69) is 15.6 Å². The van der Waals surface area contributed by atoms with Gasteiger partial charge in [-0.3, -0.25) is 24.2 Å². The van der Waals surface area contributed by atoms with E-state index >= 15 is 0 Å². The number of carboxylic acid groups (broad SMARTS) is 2. The number of nitrogens with two attached hydrogens (primary N) is 3. The third kappa shape index (κ3) is 9.19. The van der Waals surface area contributed by atoms with Crippen molar-refractivity contribution in [3.63, 3.8) is 0 Å². The molecule has 0 aliphatic carbocycles. The molecule has 1 fully saturated rings. The summed E-state index contributed by atoms with van der Waals surface area (Å²) in [6.45, 7) is -0.261. The molecule has 1 saturated heterocycles. The molecule has 192 valence electrons. The van der Waals surface area contributed by atoms with Crippen LogP contribution in [0.3, 0.4) is 0 Å². The van der Waals surface area contributed by atoms with Crippen LogP contribution in [-0.2, 0) is 24.0 Å². The molecule has 0 saturated carbocycles. The fourth-order valence-electron chi connectivity index (χ4n) is 3.42. The smallest absolute Gasteiger partial charge is 0.326 e. The number of aliphatic hydroxyl groups is 1. The van der Waals surface area contributed by atoms with Gasteiger partial charge in [-0.25, -0.2) is 4.79 Å². The van der Waals surface area contributed by atoms with Gasteiger partial charge < -0.3 is 48.1 Å². The number of nitrogens with one attached hydrogen (secondary N) is 2. The number of hydrogen-bond acceptors (Lipinski definition) is 8. The van der Waals surface area contributed by atoms with Gasteiger partial charge in [-0.15, -0.1) is 0 Å². The minimum absolute atomic E-state index is 0.0739. The Kier molecular flexibility index (Phi) is 11.7. The molecule has 0 bridgehead atoms. The summed E-state index contributed by atoms with van der Waals surface area (Å²) in [5, 5.41) is 31.8. The van der Waals surface area contributed by atoms with Crippen molar-refractivity contribution in [2.75, 3.05) is 19.7 Å². The van der Waals surface area contributed by atoms with Gasteiger partial charge in [-0.1, -0.05) is 0 Å². The number of aliphatic carboxylic acids is 2. The summed E-state index contributed by atoms with van der Waals surface area (Å²) in [7, 11) is 0. The molecular formula is C19H33N7O8. The summed E-state index contributed by atoms with van der Waals surface area (Å²) < 4.78 is 0. The molecular weight excluding hydrogens is 454 g/mol. The van der Waals surface area contributed by atoms with Crippen LogP contribution in [0.2, 0.25) is 0 Å². The molecule has 1 rings (SSSR count). The predicted molar refractivity (Wildman–Crippen MR) is 118 cm³/mol. The summed E-state index contributed by atoms with van der Waals surface area (Å²) in [4.78, 5) is 64.9. The quantitative estimate of drug-likeness (QED) is 0.0670. The normalized spacial score (nSPS) is 17.8. The van der Waals surface area contributed by atoms with E-state index in [0.717, 1.165) is 0 Å². The van der Waals surface area contributed by atoms with Crippen molar-refractivity contribution in [1.29, 1.82) is 0 Å². The number of carbonyl (C=O) groups is 5. The monoisotopic (exact) mass is 487 g/mol. The van der Waals surface area contributed by atoms with Gasteiger partial charge >= 0.3 is 11.9 Å². The van der Waals surface area contributed by atoms with Crippen molar-refractivity contribution >= 4 is 35.6 Å². The number of amides is 3. The second-order valence-electron chi connectivity index (χ2n) is 7.82. The summed E-state index contributed by atoms with van der Waals surface area (Å²) in [5.74, 6) is -4.93. The van der Waals surface area contributed by atoms with Gasteiger partial charge in [-0.05, 0) is 32.1 Å². The third-order valence-corrected chi connectivity index (χ3v) is 5.20. The van der Waals surface area contributed by atoms with Crippen LogP contribution in [0.4, 0.5) is 0 Å². The van der Waals surface area contributed by atoms with Crippen LogP contribution in [0.1, 0.15) is 38.5 Å². The molecule has 1 heterocycles. The van der Waals surface area contributed by atoms with Gasteiger partial charge in [0.15, 0.2) is 5.96 Å². The van der Waals surface area contributed by atoms with E-state index in [4.69, 9.17) is 27.4 Å². The lowest BCUT2D eigenvalue weighted by molar-refractivity contribution is -0.144. The molecule has 1 aliphatic heterocycles. The molecule has 3 amide bonds. The van der Waals surface area contributed by atoms with Crippen molar-refractivity contribution in [3.8, 4) is 0 Å². The highest BCUT2D eigenvalue weighted by atomic mass is 16.4. The van der Waals surface area contributed by atoms with Crippen molar-refractivity contribution in [3.05, 3.63) is 0 Å². The Morgan fingerprint density at radius 3 is 2.29 bits per heavy atom. The minimum Gasteiger partial charge on any atom is -0.481 e. The van der Waals surface area contributed by atoms with E-state index in [0.29, 0.717) is 25.8 Å². The van der Waals surface area contributed by atoms with E-state index in [9.17, 15) is 29.1 Å². The molecule has 0 aromatic rings. The van der Waals surface area contributed by atoms with Crippen LogP contribution in [0, 0.1) is 0 Å². The lowest BCUT2D eigenvalue weighted by Gasteiger charge is -2.28. The maximum absolute atomic E-state index is 12.8. The highest BCUT2D eigenvalue weighted by molar-refractivity contribution is 5.94. The zero-order chi connectivity index (χ0) is 25.8. The first-order valence-corrected chi connectivity index (χ1v) is 10.8. The van der Waals surface area contributed by atoms with Crippen molar-refractivity contribution in [2.24, 2.45) is 22.2 Å². The number of aliphatic hydroxyl groups excluding tert-OH is 1. The highest BCUT2D eigenvalue weighted by Crippen LogP contribution is 2.19. The van der Waals surface area contributed by atoms with E-state index in [1.165, 1.54) is 4.90 Å². The van der Waals surface area contributed by atoms with Crippen molar-refractivity contribution in [1.82, 2.24) is 15.5 Å². The van der Waals surface area contributed by atoms with Crippen LogP contribution < -0.4 is 27.8 Å². The number of guanidine groups is 1. The lowest BCUT2D eigenvalue weighted by atomic mass is 10.1. The molecule has 0 radical (unpaired) electrons. The highest BCUT2D eigenvalue weighted by Gasteiger charge is 2.37. The fourth-order valence-corrected chi connectivity index (χ4v) is 3.42. The fraction of sp³-hybridized carbons (Fsp3) is 0.684. The van der Waals surface area contributed by atoms with Crippen LogP contribution in [-0.4, -0.2) is 99.7 Å². The topological polar surface area (TPSA) is 264 Å². The SMILES string of the molecule is NC(N)=NCCCC(N)C(=O)N1CCCC1C(=O)NC(CO)C(=O)NC(CCC(=O)O)C(=O)O. The van der Waals surface area contributed by atoms with E-state index in [1.54, 1.807) is 0 Å². The van der Waals surface area contributed by atoms with Gasteiger partial charge in [-0.2, -0.15) is 0 Å². The Labute approximate surface area is 195 Å². The number of likely N-dealkylation sites (tertiary alicyclic amines) is 1. The number of nitrogens with zero attached hydrogens (tertiary/aromatic N) is 2. The van der Waals surface area contributed by atoms with Gasteiger partial charge in [0, 0.05) is 19.5 Å². The Hall–Kier alpha value is -3.46. The first-order chi connectivity index (χ1) is 16.0. The second kappa shape index (κ2) is 13.9. The summed E-state index contributed by atoms with van der Waals surface area (Å²) >= 11 is 0. The number of aliphatic imine (C=N–C) groups is 1. The van der Waals surface area contributed by atoms with Crippen LogP contribution in [0.15, 0.2) is 4.99 Å². The molecule has 1 aliphatic rings.